The number of ether oxygens (including phenoxy) is 2. The van der Waals surface area contributed by atoms with Crippen LogP contribution in [-0.2, 0) is 4.74 Å². The van der Waals surface area contributed by atoms with Gasteiger partial charge in [-0.15, -0.1) is 0 Å². The molecule has 1 saturated heterocycles. The van der Waals surface area contributed by atoms with Crippen LogP contribution in [0.3, 0.4) is 0 Å². The molecule has 1 aliphatic heterocycles. The third kappa shape index (κ3) is 6.67. The summed E-state index contributed by atoms with van der Waals surface area (Å²) in [4.78, 5) is 33.2. The molecular formula is C34H43N5O5. The third-order valence-corrected chi connectivity index (χ3v) is 9.09. The summed E-state index contributed by atoms with van der Waals surface area (Å²) in [6.45, 7) is 2.57. The maximum atomic E-state index is 14.3. The van der Waals surface area contributed by atoms with E-state index < -0.39 is 5.60 Å². The van der Waals surface area contributed by atoms with E-state index in [2.05, 4.69) is 10.6 Å². The van der Waals surface area contributed by atoms with Crippen molar-refractivity contribution < 1.29 is 24.2 Å². The van der Waals surface area contributed by atoms with Gasteiger partial charge in [0.05, 0.1) is 31.3 Å². The molecular weight excluding hydrogens is 558 g/mol. The number of rotatable bonds is 11. The summed E-state index contributed by atoms with van der Waals surface area (Å²) in [5, 5.41) is 18.1. The molecule has 2 heterocycles. The number of hydrogen-bond acceptors (Lipinski definition) is 7. The maximum absolute atomic E-state index is 14.3. The number of piperazine rings is 1. The highest BCUT2D eigenvalue weighted by Gasteiger charge is 2.42. The second-order valence-corrected chi connectivity index (χ2v) is 12.3. The van der Waals surface area contributed by atoms with Crippen molar-refractivity contribution in [2.75, 3.05) is 40.0 Å². The molecule has 0 bridgehead atoms. The van der Waals surface area contributed by atoms with Crippen LogP contribution in [0.25, 0.3) is 11.3 Å². The van der Waals surface area contributed by atoms with Gasteiger partial charge in [-0.2, -0.15) is 0 Å². The molecule has 2 aromatic carbocycles. The topological polar surface area (TPSA) is 118 Å². The van der Waals surface area contributed by atoms with Gasteiger partial charge >= 0.3 is 0 Å². The molecule has 10 nitrogen and oxygen atoms in total. The lowest BCUT2D eigenvalue weighted by Crippen LogP contribution is -2.54. The second-order valence-electron chi connectivity index (χ2n) is 12.3. The summed E-state index contributed by atoms with van der Waals surface area (Å²) in [5.41, 5.74) is 1.61. The number of aliphatic hydroxyl groups is 1. The first kappa shape index (κ1) is 30.3. The summed E-state index contributed by atoms with van der Waals surface area (Å²) in [5.74, 6) is 0.521. The Kier molecular flexibility index (Phi) is 9.30. The molecule has 3 atom stereocenters. The zero-order valence-electron chi connectivity index (χ0n) is 25.4. The van der Waals surface area contributed by atoms with Crippen molar-refractivity contribution in [1.82, 2.24) is 25.1 Å². The predicted octanol–water partition coefficient (Wildman–Crippen LogP) is 3.82. The van der Waals surface area contributed by atoms with E-state index in [1.54, 1.807) is 25.6 Å². The lowest BCUT2D eigenvalue weighted by molar-refractivity contribution is -0.0893. The Hall–Kier alpha value is -3.73. The standard InChI is InChI=1S/C34H43N5O5/c1-43-22-34(42)17-6-5-9-29(34)39-23-36-30(31(39)24-7-3-2-4-8-24)33(41)38-19-18-35-21-27(38)16-20-44-28-14-10-25(11-15-28)32(40)37-26-12-13-26/h2-4,7-8,10-11,14-15,23,26-27,29,35,42H,5-6,9,12-13,16-22H2,1H3,(H,37,40)/t27-,29-,34-/m1/s1. The highest BCUT2D eigenvalue weighted by atomic mass is 16.5. The summed E-state index contributed by atoms with van der Waals surface area (Å²) in [7, 11) is 1.61. The van der Waals surface area contributed by atoms with Gasteiger partial charge in [0.1, 0.15) is 11.4 Å². The number of hydrogen-bond donors (Lipinski definition) is 3. The lowest BCUT2D eigenvalue weighted by Gasteiger charge is -2.41. The van der Waals surface area contributed by atoms with Crippen LogP contribution in [0.4, 0.5) is 0 Å². The Labute approximate surface area is 258 Å². The van der Waals surface area contributed by atoms with Crippen molar-refractivity contribution in [2.24, 2.45) is 0 Å². The average Bonchev–Trinajstić information content (AvgIpc) is 3.76. The predicted molar refractivity (Wildman–Crippen MR) is 167 cm³/mol. The molecule has 3 N–H and O–H groups in total. The first-order valence-corrected chi connectivity index (χ1v) is 15.9. The molecule has 0 spiro atoms. The SMILES string of the molecule is COC[C@]1(O)CCCC[C@H]1n1cnc(C(=O)N2CCNC[C@H]2CCOc2ccc(C(=O)NC3CC3)cc2)c1-c1ccccc1. The van der Waals surface area contributed by atoms with Crippen LogP contribution in [0.2, 0.25) is 0 Å². The van der Waals surface area contributed by atoms with Gasteiger partial charge in [-0.05, 0) is 49.9 Å². The maximum Gasteiger partial charge on any atom is 0.275 e. The molecule has 3 fully saturated rings. The van der Waals surface area contributed by atoms with Gasteiger partial charge in [0.25, 0.3) is 11.8 Å². The summed E-state index contributed by atoms with van der Waals surface area (Å²) in [6, 6.07) is 17.1. The number of amides is 2. The zero-order chi connectivity index (χ0) is 30.5. The minimum Gasteiger partial charge on any atom is -0.494 e. The van der Waals surface area contributed by atoms with Gasteiger partial charge in [0.2, 0.25) is 0 Å². The second kappa shape index (κ2) is 13.5. The summed E-state index contributed by atoms with van der Waals surface area (Å²) < 4.78 is 13.5. The van der Waals surface area contributed by atoms with Gasteiger partial charge < -0.3 is 34.7 Å². The fourth-order valence-electron chi connectivity index (χ4n) is 6.59. The smallest absolute Gasteiger partial charge is 0.275 e. The van der Waals surface area contributed by atoms with E-state index in [9.17, 15) is 14.7 Å². The molecule has 10 heteroatoms. The van der Waals surface area contributed by atoms with E-state index in [4.69, 9.17) is 14.5 Å². The number of imidazole rings is 1. The molecule has 2 aliphatic carbocycles. The van der Waals surface area contributed by atoms with Crippen LogP contribution in [0.1, 0.15) is 71.8 Å². The Balaban J connectivity index is 1.18. The number of benzene rings is 2. The van der Waals surface area contributed by atoms with Gasteiger partial charge in [0, 0.05) is 56.4 Å². The molecule has 1 aromatic heterocycles. The number of methoxy groups -OCH3 is 1. The fourth-order valence-corrected chi connectivity index (χ4v) is 6.59. The monoisotopic (exact) mass is 601 g/mol. The van der Waals surface area contributed by atoms with Gasteiger partial charge in [-0.25, -0.2) is 4.98 Å². The number of nitrogens with one attached hydrogen (secondary N) is 2. The Morgan fingerprint density at radius 2 is 1.89 bits per heavy atom. The van der Waals surface area contributed by atoms with Gasteiger partial charge in [-0.3, -0.25) is 9.59 Å². The van der Waals surface area contributed by atoms with E-state index in [1.165, 1.54) is 0 Å². The van der Waals surface area contributed by atoms with E-state index >= 15 is 0 Å². The van der Waals surface area contributed by atoms with Crippen LogP contribution >= 0.6 is 0 Å². The lowest BCUT2D eigenvalue weighted by atomic mass is 9.80. The van der Waals surface area contributed by atoms with Crippen molar-refractivity contribution in [2.45, 2.75) is 68.7 Å². The van der Waals surface area contributed by atoms with Crippen LogP contribution in [0.5, 0.6) is 5.75 Å². The van der Waals surface area contributed by atoms with Crippen molar-refractivity contribution in [1.29, 1.82) is 0 Å². The third-order valence-electron chi connectivity index (χ3n) is 9.09. The average molecular weight is 602 g/mol. The Morgan fingerprint density at radius 3 is 2.64 bits per heavy atom. The van der Waals surface area contributed by atoms with Crippen molar-refractivity contribution in [3.8, 4) is 17.0 Å². The number of carbonyl (C=O) groups is 2. The number of carbonyl (C=O) groups excluding carboxylic acids is 2. The number of aromatic nitrogens is 2. The van der Waals surface area contributed by atoms with Crippen LogP contribution in [-0.4, -0.2) is 89.0 Å². The van der Waals surface area contributed by atoms with Crippen molar-refractivity contribution >= 4 is 11.8 Å². The molecule has 234 valence electrons. The molecule has 0 radical (unpaired) electrons. The van der Waals surface area contributed by atoms with E-state index in [0.29, 0.717) is 62.1 Å². The molecule has 2 saturated carbocycles. The van der Waals surface area contributed by atoms with Crippen LogP contribution in [0, 0.1) is 0 Å². The molecule has 3 aliphatic rings. The first-order valence-electron chi connectivity index (χ1n) is 15.9. The molecule has 0 unspecified atom stereocenters. The quantitative estimate of drug-likeness (QED) is 0.306. The van der Waals surface area contributed by atoms with Crippen molar-refractivity contribution in [3.63, 3.8) is 0 Å². The van der Waals surface area contributed by atoms with Crippen LogP contribution < -0.4 is 15.4 Å². The molecule has 2 amide bonds. The van der Waals surface area contributed by atoms with Crippen molar-refractivity contribution in [3.05, 3.63) is 72.2 Å². The normalized spacial score (nSPS) is 23.7. The molecule has 6 rings (SSSR count). The highest BCUT2D eigenvalue weighted by Crippen LogP contribution is 2.41. The minimum absolute atomic E-state index is 0.0503. The fraction of sp³-hybridized carbons (Fsp3) is 0.500. The first-order chi connectivity index (χ1) is 21.5. The van der Waals surface area contributed by atoms with Gasteiger partial charge in [-0.1, -0.05) is 43.2 Å². The highest BCUT2D eigenvalue weighted by molar-refractivity contribution is 5.98. The number of nitrogens with zero attached hydrogens (tertiary/aromatic N) is 3. The van der Waals surface area contributed by atoms with E-state index in [1.807, 2.05) is 51.9 Å². The zero-order valence-corrected chi connectivity index (χ0v) is 25.4. The minimum atomic E-state index is -1.04. The largest absolute Gasteiger partial charge is 0.494 e. The van der Waals surface area contributed by atoms with E-state index in [0.717, 1.165) is 43.4 Å². The van der Waals surface area contributed by atoms with E-state index in [-0.39, 0.29) is 30.5 Å². The van der Waals surface area contributed by atoms with Crippen LogP contribution in [0.15, 0.2) is 60.9 Å². The Morgan fingerprint density at radius 1 is 1.09 bits per heavy atom. The molecule has 44 heavy (non-hydrogen) atoms. The summed E-state index contributed by atoms with van der Waals surface area (Å²) >= 11 is 0. The Bertz CT molecular complexity index is 1420. The molecule has 3 aromatic rings. The van der Waals surface area contributed by atoms with Gasteiger partial charge in [0.15, 0.2) is 5.69 Å². The summed E-state index contributed by atoms with van der Waals surface area (Å²) in [6.07, 6.45) is 7.80.